The molecule has 1 aromatic carbocycles. The lowest BCUT2D eigenvalue weighted by Crippen LogP contribution is -2.40. The highest BCUT2D eigenvalue weighted by Crippen LogP contribution is 2.21. The minimum atomic E-state index is -0.642. The van der Waals surface area contributed by atoms with E-state index in [1.54, 1.807) is 25.1 Å². The third-order valence-corrected chi connectivity index (χ3v) is 1.97. The Labute approximate surface area is 93.5 Å². The Kier molecular flexibility index (Phi) is 3.88. The molecule has 3 N–H and O–H groups in total. The molecule has 1 unspecified atom stereocenters. The Morgan fingerprint density at radius 1 is 1.31 bits per heavy atom. The standard InChI is InChI=1S/C11H14N2O3/c1-7(12-8(2)14)11(16)13-9-5-3-4-6-10(9)15/h3-7,15H,1-2H3,(H,12,14)(H,13,16). The quantitative estimate of drug-likeness (QED) is 0.663. The van der Waals surface area contributed by atoms with Gasteiger partial charge in [0, 0.05) is 6.92 Å². The van der Waals surface area contributed by atoms with Gasteiger partial charge in [-0.05, 0) is 19.1 Å². The fourth-order valence-electron chi connectivity index (χ4n) is 1.19. The van der Waals surface area contributed by atoms with Crippen LogP contribution in [0.15, 0.2) is 24.3 Å². The zero-order chi connectivity index (χ0) is 12.1. The largest absolute Gasteiger partial charge is 0.506 e. The van der Waals surface area contributed by atoms with Gasteiger partial charge in [0.2, 0.25) is 11.8 Å². The molecule has 0 saturated carbocycles. The van der Waals surface area contributed by atoms with Crippen LogP contribution in [0.5, 0.6) is 5.75 Å². The first-order valence-electron chi connectivity index (χ1n) is 4.86. The van der Waals surface area contributed by atoms with E-state index in [9.17, 15) is 14.7 Å². The Hall–Kier alpha value is -2.04. The summed E-state index contributed by atoms with van der Waals surface area (Å²) in [7, 11) is 0. The van der Waals surface area contributed by atoms with Crippen molar-refractivity contribution in [2.45, 2.75) is 19.9 Å². The molecule has 0 radical (unpaired) electrons. The summed E-state index contributed by atoms with van der Waals surface area (Å²) in [6.45, 7) is 2.90. The lowest BCUT2D eigenvalue weighted by atomic mass is 10.2. The molecular weight excluding hydrogens is 208 g/mol. The summed E-state index contributed by atoms with van der Waals surface area (Å²) in [5.74, 6) is -0.664. The Balaban J connectivity index is 2.64. The number of benzene rings is 1. The number of para-hydroxylation sites is 2. The molecule has 0 aliphatic rings. The molecule has 16 heavy (non-hydrogen) atoms. The second kappa shape index (κ2) is 5.16. The van der Waals surface area contributed by atoms with Crippen molar-refractivity contribution in [3.8, 4) is 5.75 Å². The first-order chi connectivity index (χ1) is 7.50. The van der Waals surface area contributed by atoms with Gasteiger partial charge in [-0.15, -0.1) is 0 Å². The maximum absolute atomic E-state index is 11.6. The normalized spacial score (nSPS) is 11.6. The number of nitrogens with one attached hydrogen (secondary N) is 2. The molecule has 1 aromatic rings. The van der Waals surface area contributed by atoms with E-state index in [-0.39, 0.29) is 17.6 Å². The summed E-state index contributed by atoms with van der Waals surface area (Å²) >= 11 is 0. The molecule has 0 heterocycles. The van der Waals surface area contributed by atoms with Crippen LogP contribution in [-0.2, 0) is 9.59 Å². The van der Waals surface area contributed by atoms with E-state index < -0.39 is 6.04 Å². The van der Waals surface area contributed by atoms with Gasteiger partial charge in [-0.3, -0.25) is 9.59 Å². The summed E-state index contributed by atoms with van der Waals surface area (Å²) in [5, 5.41) is 14.4. The van der Waals surface area contributed by atoms with E-state index >= 15 is 0 Å². The zero-order valence-corrected chi connectivity index (χ0v) is 9.15. The van der Waals surface area contributed by atoms with Crippen LogP contribution in [0.3, 0.4) is 0 Å². The van der Waals surface area contributed by atoms with Crippen LogP contribution in [0.2, 0.25) is 0 Å². The smallest absolute Gasteiger partial charge is 0.246 e. The SMILES string of the molecule is CC(=O)NC(C)C(=O)Nc1ccccc1O. The second-order valence-corrected chi connectivity index (χ2v) is 3.43. The van der Waals surface area contributed by atoms with Gasteiger partial charge in [0.25, 0.3) is 0 Å². The molecule has 5 nitrogen and oxygen atoms in total. The molecule has 0 aromatic heterocycles. The number of carbonyl (C=O) groups is 2. The van der Waals surface area contributed by atoms with Gasteiger partial charge in [0.05, 0.1) is 5.69 Å². The number of anilines is 1. The Morgan fingerprint density at radius 3 is 2.50 bits per heavy atom. The van der Waals surface area contributed by atoms with Gasteiger partial charge in [0.1, 0.15) is 11.8 Å². The van der Waals surface area contributed by atoms with E-state index in [1.807, 2.05) is 0 Å². The maximum atomic E-state index is 11.6. The number of carbonyl (C=O) groups excluding carboxylic acids is 2. The average molecular weight is 222 g/mol. The van der Waals surface area contributed by atoms with Crippen molar-refractivity contribution >= 4 is 17.5 Å². The predicted octanol–water partition coefficient (Wildman–Crippen LogP) is 0.855. The van der Waals surface area contributed by atoms with Crippen LogP contribution in [0.1, 0.15) is 13.8 Å². The van der Waals surface area contributed by atoms with Crippen LogP contribution in [0.4, 0.5) is 5.69 Å². The molecule has 0 bridgehead atoms. The molecule has 1 rings (SSSR count). The number of phenolic OH excluding ortho intramolecular Hbond substituents is 1. The fraction of sp³-hybridized carbons (Fsp3) is 0.273. The number of phenols is 1. The summed E-state index contributed by atoms with van der Waals surface area (Å²) < 4.78 is 0. The van der Waals surface area contributed by atoms with Crippen LogP contribution in [0, 0.1) is 0 Å². The molecule has 86 valence electrons. The molecule has 0 spiro atoms. The molecule has 0 fully saturated rings. The van der Waals surface area contributed by atoms with Gasteiger partial charge in [-0.2, -0.15) is 0 Å². The number of hydrogen-bond donors (Lipinski definition) is 3. The van der Waals surface area contributed by atoms with Crippen molar-refractivity contribution in [2.75, 3.05) is 5.32 Å². The van der Waals surface area contributed by atoms with Gasteiger partial charge in [0.15, 0.2) is 0 Å². The van der Waals surface area contributed by atoms with Crippen molar-refractivity contribution in [2.24, 2.45) is 0 Å². The summed E-state index contributed by atoms with van der Waals surface area (Å²) in [6, 6.07) is 5.75. The first-order valence-corrected chi connectivity index (χ1v) is 4.86. The van der Waals surface area contributed by atoms with E-state index in [0.717, 1.165) is 0 Å². The topological polar surface area (TPSA) is 78.4 Å². The fourth-order valence-corrected chi connectivity index (χ4v) is 1.19. The third kappa shape index (κ3) is 3.27. The van der Waals surface area contributed by atoms with Crippen molar-refractivity contribution in [3.63, 3.8) is 0 Å². The first kappa shape index (κ1) is 12.0. The second-order valence-electron chi connectivity index (χ2n) is 3.43. The van der Waals surface area contributed by atoms with E-state index in [4.69, 9.17) is 0 Å². The minimum Gasteiger partial charge on any atom is -0.506 e. The van der Waals surface area contributed by atoms with Crippen LogP contribution < -0.4 is 10.6 Å². The van der Waals surface area contributed by atoms with Crippen LogP contribution >= 0.6 is 0 Å². The number of aromatic hydroxyl groups is 1. The van der Waals surface area contributed by atoms with Gasteiger partial charge < -0.3 is 15.7 Å². The highest BCUT2D eigenvalue weighted by molar-refractivity contribution is 5.97. The molecular formula is C11H14N2O3. The number of hydrogen-bond acceptors (Lipinski definition) is 3. The molecule has 5 heteroatoms. The summed E-state index contributed by atoms with van der Waals surface area (Å²) in [4.78, 5) is 22.3. The molecule has 0 aliphatic heterocycles. The van der Waals surface area contributed by atoms with Crippen molar-refractivity contribution in [3.05, 3.63) is 24.3 Å². The Morgan fingerprint density at radius 2 is 1.94 bits per heavy atom. The lowest BCUT2D eigenvalue weighted by Gasteiger charge is -2.13. The molecule has 0 saturated heterocycles. The van der Waals surface area contributed by atoms with E-state index in [1.165, 1.54) is 13.0 Å². The van der Waals surface area contributed by atoms with Crippen LogP contribution in [0.25, 0.3) is 0 Å². The van der Waals surface area contributed by atoms with Crippen molar-refractivity contribution in [1.29, 1.82) is 0 Å². The number of rotatable bonds is 3. The van der Waals surface area contributed by atoms with Gasteiger partial charge >= 0.3 is 0 Å². The highest BCUT2D eigenvalue weighted by Gasteiger charge is 2.14. The predicted molar refractivity (Wildman–Crippen MR) is 60.0 cm³/mol. The van der Waals surface area contributed by atoms with E-state index in [0.29, 0.717) is 5.69 Å². The zero-order valence-electron chi connectivity index (χ0n) is 9.15. The third-order valence-electron chi connectivity index (χ3n) is 1.97. The number of amides is 2. The van der Waals surface area contributed by atoms with E-state index in [2.05, 4.69) is 10.6 Å². The Bertz CT molecular complexity index is 404. The average Bonchev–Trinajstić information content (AvgIpc) is 2.20. The molecule has 2 amide bonds. The molecule has 0 aliphatic carbocycles. The maximum Gasteiger partial charge on any atom is 0.246 e. The summed E-state index contributed by atoms with van der Waals surface area (Å²) in [5.41, 5.74) is 0.324. The monoisotopic (exact) mass is 222 g/mol. The van der Waals surface area contributed by atoms with Crippen molar-refractivity contribution in [1.82, 2.24) is 5.32 Å². The molecule has 1 atom stereocenters. The van der Waals surface area contributed by atoms with Crippen LogP contribution in [-0.4, -0.2) is 23.0 Å². The van der Waals surface area contributed by atoms with Gasteiger partial charge in [-0.25, -0.2) is 0 Å². The highest BCUT2D eigenvalue weighted by atomic mass is 16.3. The van der Waals surface area contributed by atoms with Gasteiger partial charge in [-0.1, -0.05) is 12.1 Å². The van der Waals surface area contributed by atoms with Crippen molar-refractivity contribution < 1.29 is 14.7 Å². The lowest BCUT2D eigenvalue weighted by molar-refractivity contribution is -0.124. The minimum absolute atomic E-state index is 0.00845. The summed E-state index contributed by atoms with van der Waals surface area (Å²) in [6.07, 6.45) is 0.